The maximum absolute atomic E-state index is 12.5. The molecule has 108 valence electrons. The number of carbonyl (C=O) groups excluding carboxylic acids is 1. The molecule has 0 aliphatic heterocycles. The van der Waals surface area contributed by atoms with Gasteiger partial charge in [-0.2, -0.15) is 0 Å². The predicted molar refractivity (Wildman–Crippen MR) is 82.8 cm³/mol. The molecule has 1 amide bonds. The number of hydrogen-bond donors (Lipinski definition) is 0. The highest BCUT2D eigenvalue weighted by Crippen LogP contribution is 2.33. The Hall–Kier alpha value is -2.16. The second kappa shape index (κ2) is 6.08. The van der Waals surface area contributed by atoms with Crippen molar-refractivity contribution >= 4 is 5.91 Å². The van der Waals surface area contributed by atoms with Crippen LogP contribution in [0.4, 0.5) is 0 Å². The largest absolute Gasteiger partial charge is 0.338 e. The normalized spacial score (nSPS) is 17.1. The third-order valence-corrected chi connectivity index (χ3v) is 4.28. The molecule has 0 fully saturated rings. The number of aryl methyl sites for hydroxylation is 1. The van der Waals surface area contributed by atoms with Crippen LogP contribution < -0.4 is 0 Å². The van der Waals surface area contributed by atoms with E-state index in [1.54, 1.807) is 12.4 Å². The van der Waals surface area contributed by atoms with Crippen molar-refractivity contribution in [3.05, 3.63) is 65.5 Å². The highest BCUT2D eigenvalue weighted by Gasteiger charge is 2.26. The van der Waals surface area contributed by atoms with Gasteiger partial charge < -0.3 is 4.90 Å². The topological polar surface area (TPSA) is 33.2 Å². The van der Waals surface area contributed by atoms with E-state index in [0.29, 0.717) is 6.42 Å². The van der Waals surface area contributed by atoms with Crippen molar-refractivity contribution in [3.8, 4) is 0 Å². The molecule has 3 nitrogen and oxygen atoms in total. The Morgan fingerprint density at radius 3 is 2.95 bits per heavy atom. The van der Waals surface area contributed by atoms with E-state index in [2.05, 4.69) is 29.2 Å². The zero-order valence-corrected chi connectivity index (χ0v) is 12.3. The summed E-state index contributed by atoms with van der Waals surface area (Å²) in [5.41, 5.74) is 3.67. The van der Waals surface area contributed by atoms with Gasteiger partial charge in [-0.25, -0.2) is 0 Å². The number of fused-ring (bicyclic) bond motifs is 1. The van der Waals surface area contributed by atoms with E-state index in [-0.39, 0.29) is 11.9 Å². The smallest absolute Gasteiger partial charge is 0.227 e. The van der Waals surface area contributed by atoms with Crippen molar-refractivity contribution in [1.82, 2.24) is 9.88 Å². The molecule has 1 aromatic carbocycles. The van der Waals surface area contributed by atoms with E-state index in [1.807, 2.05) is 24.1 Å². The summed E-state index contributed by atoms with van der Waals surface area (Å²) in [6, 6.07) is 12.5. The average Bonchev–Trinajstić information content (AvgIpc) is 2.54. The van der Waals surface area contributed by atoms with Crippen LogP contribution in [0.2, 0.25) is 0 Å². The number of benzene rings is 1. The number of nitrogens with zero attached hydrogens (tertiary/aromatic N) is 2. The molecule has 2 aromatic rings. The third-order valence-electron chi connectivity index (χ3n) is 4.28. The summed E-state index contributed by atoms with van der Waals surface area (Å²) in [6.07, 6.45) is 7.23. The first-order valence-corrected chi connectivity index (χ1v) is 7.48. The summed E-state index contributed by atoms with van der Waals surface area (Å²) in [5.74, 6) is 0.157. The molecular formula is C18H20N2O. The minimum atomic E-state index is 0.157. The molecule has 1 aliphatic carbocycles. The molecule has 0 spiro atoms. The molecule has 0 N–H and O–H groups in total. The molecular weight excluding hydrogens is 260 g/mol. The van der Waals surface area contributed by atoms with Crippen molar-refractivity contribution in [2.45, 2.75) is 31.7 Å². The van der Waals surface area contributed by atoms with Gasteiger partial charge in [0.05, 0.1) is 12.5 Å². The van der Waals surface area contributed by atoms with Crippen LogP contribution >= 0.6 is 0 Å². The molecule has 1 aliphatic rings. The van der Waals surface area contributed by atoms with Gasteiger partial charge >= 0.3 is 0 Å². The minimum Gasteiger partial charge on any atom is -0.338 e. The standard InChI is InChI=1S/C18H20N2O/c1-20(18(21)12-14-6-5-11-19-13-14)17-10-4-8-15-7-2-3-9-16(15)17/h2-3,5-7,9,11,13,17H,4,8,10,12H2,1H3. The second-order valence-corrected chi connectivity index (χ2v) is 5.65. The third kappa shape index (κ3) is 2.97. The summed E-state index contributed by atoms with van der Waals surface area (Å²) < 4.78 is 0. The van der Waals surface area contributed by atoms with Crippen LogP contribution in [-0.2, 0) is 17.6 Å². The maximum atomic E-state index is 12.5. The predicted octanol–water partition coefficient (Wildman–Crippen LogP) is 3.16. The van der Waals surface area contributed by atoms with Crippen LogP contribution in [0, 0.1) is 0 Å². The first-order chi connectivity index (χ1) is 10.3. The summed E-state index contributed by atoms with van der Waals surface area (Å²) >= 11 is 0. The maximum Gasteiger partial charge on any atom is 0.227 e. The number of carbonyl (C=O) groups is 1. The lowest BCUT2D eigenvalue weighted by molar-refractivity contribution is -0.131. The van der Waals surface area contributed by atoms with Crippen LogP contribution in [0.15, 0.2) is 48.8 Å². The number of likely N-dealkylation sites (N-methyl/N-ethyl adjacent to an activating group) is 1. The summed E-state index contributed by atoms with van der Waals surface area (Å²) in [4.78, 5) is 18.5. The van der Waals surface area contributed by atoms with Crippen LogP contribution in [0.1, 0.15) is 35.6 Å². The fourth-order valence-corrected chi connectivity index (χ4v) is 3.11. The molecule has 1 atom stereocenters. The highest BCUT2D eigenvalue weighted by molar-refractivity contribution is 5.79. The molecule has 21 heavy (non-hydrogen) atoms. The van der Waals surface area contributed by atoms with Gasteiger partial charge in [-0.3, -0.25) is 9.78 Å². The van der Waals surface area contributed by atoms with E-state index in [4.69, 9.17) is 0 Å². The Morgan fingerprint density at radius 2 is 2.14 bits per heavy atom. The molecule has 0 saturated heterocycles. The molecule has 1 heterocycles. The highest BCUT2D eigenvalue weighted by atomic mass is 16.2. The Bertz CT molecular complexity index is 624. The number of rotatable bonds is 3. The Balaban J connectivity index is 1.76. The Labute approximate surface area is 125 Å². The van der Waals surface area contributed by atoms with Gasteiger partial charge in [0.15, 0.2) is 0 Å². The zero-order valence-electron chi connectivity index (χ0n) is 12.3. The Kier molecular flexibility index (Phi) is 4.00. The quantitative estimate of drug-likeness (QED) is 0.865. The van der Waals surface area contributed by atoms with Crippen LogP contribution in [0.25, 0.3) is 0 Å². The lowest BCUT2D eigenvalue weighted by atomic mass is 9.87. The van der Waals surface area contributed by atoms with Crippen molar-refractivity contribution < 1.29 is 4.79 Å². The van der Waals surface area contributed by atoms with E-state index in [0.717, 1.165) is 24.8 Å². The van der Waals surface area contributed by atoms with Crippen LogP contribution in [-0.4, -0.2) is 22.8 Å². The first-order valence-electron chi connectivity index (χ1n) is 7.48. The molecule has 1 aromatic heterocycles. The van der Waals surface area contributed by atoms with Crippen molar-refractivity contribution in [3.63, 3.8) is 0 Å². The fourth-order valence-electron chi connectivity index (χ4n) is 3.11. The average molecular weight is 280 g/mol. The number of pyridine rings is 1. The summed E-state index contributed by atoms with van der Waals surface area (Å²) in [6.45, 7) is 0. The van der Waals surface area contributed by atoms with Gasteiger partial charge in [0.25, 0.3) is 0 Å². The van der Waals surface area contributed by atoms with Crippen LogP contribution in [0.3, 0.4) is 0 Å². The van der Waals surface area contributed by atoms with E-state index in [9.17, 15) is 4.79 Å². The van der Waals surface area contributed by atoms with Gasteiger partial charge in [0, 0.05) is 19.4 Å². The SMILES string of the molecule is CN(C(=O)Cc1cccnc1)C1CCCc2ccccc21. The minimum absolute atomic E-state index is 0.157. The summed E-state index contributed by atoms with van der Waals surface area (Å²) in [7, 11) is 1.92. The molecule has 3 rings (SSSR count). The lowest BCUT2D eigenvalue weighted by Gasteiger charge is -2.33. The number of aromatic nitrogens is 1. The van der Waals surface area contributed by atoms with E-state index >= 15 is 0 Å². The van der Waals surface area contributed by atoms with Crippen molar-refractivity contribution in [1.29, 1.82) is 0 Å². The second-order valence-electron chi connectivity index (χ2n) is 5.65. The van der Waals surface area contributed by atoms with E-state index < -0.39 is 0 Å². The monoisotopic (exact) mass is 280 g/mol. The zero-order chi connectivity index (χ0) is 14.7. The molecule has 0 radical (unpaired) electrons. The van der Waals surface area contributed by atoms with E-state index in [1.165, 1.54) is 11.1 Å². The number of hydrogen-bond acceptors (Lipinski definition) is 2. The van der Waals surface area contributed by atoms with Crippen LogP contribution in [0.5, 0.6) is 0 Å². The van der Waals surface area contributed by atoms with Gasteiger partial charge in [-0.1, -0.05) is 30.3 Å². The first kappa shape index (κ1) is 13.8. The Morgan fingerprint density at radius 1 is 1.29 bits per heavy atom. The van der Waals surface area contributed by atoms with Gasteiger partial charge in [-0.05, 0) is 42.0 Å². The van der Waals surface area contributed by atoms with Gasteiger partial charge in [0.1, 0.15) is 0 Å². The fraction of sp³-hybridized carbons (Fsp3) is 0.333. The molecule has 3 heteroatoms. The number of amides is 1. The molecule has 0 saturated carbocycles. The molecule has 0 bridgehead atoms. The van der Waals surface area contributed by atoms with Gasteiger partial charge in [0.2, 0.25) is 5.91 Å². The van der Waals surface area contributed by atoms with Crippen molar-refractivity contribution in [2.75, 3.05) is 7.05 Å². The summed E-state index contributed by atoms with van der Waals surface area (Å²) in [5, 5.41) is 0. The van der Waals surface area contributed by atoms with Crippen molar-refractivity contribution in [2.24, 2.45) is 0 Å². The van der Waals surface area contributed by atoms with Gasteiger partial charge in [-0.15, -0.1) is 0 Å². The molecule has 1 unspecified atom stereocenters. The lowest BCUT2D eigenvalue weighted by Crippen LogP contribution is -2.34.